The van der Waals surface area contributed by atoms with Gasteiger partial charge in [0.25, 0.3) is 5.69 Å². The van der Waals surface area contributed by atoms with Crippen molar-refractivity contribution in [3.8, 4) is 0 Å². The van der Waals surface area contributed by atoms with Crippen molar-refractivity contribution in [1.29, 1.82) is 0 Å². The van der Waals surface area contributed by atoms with Crippen molar-refractivity contribution in [3.05, 3.63) is 81.9 Å². The molecule has 2 aromatic heterocycles. The average molecular weight is 379 g/mol. The first-order valence-corrected chi connectivity index (χ1v) is 8.85. The third-order valence-electron chi connectivity index (χ3n) is 4.02. The number of carbonyl (C=O) groups excluding carboxylic acids is 1. The maximum Gasteiger partial charge on any atom is 0.315 e. The van der Waals surface area contributed by atoms with Gasteiger partial charge in [0.15, 0.2) is 10.6 Å². The summed E-state index contributed by atoms with van der Waals surface area (Å²) in [4.78, 5) is 27.8. The molecule has 0 aliphatic rings. The van der Waals surface area contributed by atoms with Gasteiger partial charge in [-0.3, -0.25) is 14.9 Å². The van der Waals surface area contributed by atoms with E-state index in [0.717, 1.165) is 10.9 Å². The number of nitrogens with zero attached hydrogens (tertiary/aromatic N) is 3. The summed E-state index contributed by atoms with van der Waals surface area (Å²) in [6.07, 6.45) is 1.68. The molecular formula is C19H13N3O4S. The van der Waals surface area contributed by atoms with Gasteiger partial charge in [0.2, 0.25) is 0 Å². The predicted molar refractivity (Wildman–Crippen MR) is 103 cm³/mol. The first-order valence-electron chi connectivity index (χ1n) is 8.03. The van der Waals surface area contributed by atoms with Crippen LogP contribution in [0.25, 0.3) is 21.2 Å². The fraction of sp³-hybridized carbons (Fsp3) is 0.0526. The molecule has 0 aliphatic carbocycles. The zero-order valence-electron chi connectivity index (χ0n) is 14.0. The molecule has 2 aromatic carbocycles. The van der Waals surface area contributed by atoms with Crippen molar-refractivity contribution in [2.45, 2.75) is 6.54 Å². The lowest BCUT2D eigenvalue weighted by atomic mass is 10.2. The SMILES string of the molecule is C=CCn1c(=NC(=O)c2cc3ccccc3o2)sc2cc([N+](=O)[O-])ccc21. The molecule has 0 N–H and O–H groups in total. The number of furan rings is 1. The van der Waals surface area contributed by atoms with Gasteiger partial charge in [-0.25, -0.2) is 0 Å². The van der Waals surface area contributed by atoms with Crippen LogP contribution in [0, 0.1) is 10.1 Å². The van der Waals surface area contributed by atoms with Crippen molar-refractivity contribution in [2.24, 2.45) is 4.99 Å². The number of fused-ring (bicyclic) bond motifs is 2. The lowest BCUT2D eigenvalue weighted by Gasteiger charge is -2.00. The van der Waals surface area contributed by atoms with Gasteiger partial charge in [0, 0.05) is 24.1 Å². The first kappa shape index (κ1) is 16.9. The Morgan fingerprint density at radius 1 is 1.30 bits per heavy atom. The maximum atomic E-state index is 12.6. The Morgan fingerprint density at radius 2 is 2.11 bits per heavy atom. The van der Waals surface area contributed by atoms with Crippen LogP contribution in [0.4, 0.5) is 5.69 Å². The van der Waals surface area contributed by atoms with Gasteiger partial charge < -0.3 is 8.98 Å². The van der Waals surface area contributed by atoms with Crippen LogP contribution >= 0.6 is 11.3 Å². The average Bonchev–Trinajstić information content (AvgIpc) is 3.23. The van der Waals surface area contributed by atoms with Crippen LogP contribution in [-0.2, 0) is 6.54 Å². The highest BCUT2D eigenvalue weighted by Crippen LogP contribution is 2.24. The second-order valence-electron chi connectivity index (χ2n) is 5.76. The monoisotopic (exact) mass is 379 g/mol. The molecule has 4 aromatic rings. The number of hydrogen-bond donors (Lipinski definition) is 0. The molecule has 8 heteroatoms. The highest BCUT2D eigenvalue weighted by atomic mass is 32.1. The Kier molecular flexibility index (Phi) is 4.17. The summed E-state index contributed by atoms with van der Waals surface area (Å²) in [6, 6.07) is 13.5. The molecule has 0 saturated heterocycles. The second kappa shape index (κ2) is 6.65. The van der Waals surface area contributed by atoms with E-state index in [1.165, 1.54) is 23.5 Å². The topological polar surface area (TPSA) is 90.6 Å². The van der Waals surface area contributed by atoms with E-state index in [0.29, 0.717) is 21.6 Å². The van der Waals surface area contributed by atoms with Gasteiger partial charge in [0.1, 0.15) is 5.58 Å². The Bertz CT molecular complexity index is 1250. The number of nitro benzene ring substituents is 1. The fourth-order valence-corrected chi connectivity index (χ4v) is 3.87. The summed E-state index contributed by atoms with van der Waals surface area (Å²) in [5.41, 5.74) is 1.35. The van der Waals surface area contributed by atoms with E-state index >= 15 is 0 Å². The van der Waals surface area contributed by atoms with Gasteiger partial charge >= 0.3 is 5.91 Å². The molecule has 2 heterocycles. The number of aromatic nitrogens is 1. The van der Waals surface area contributed by atoms with Crippen molar-refractivity contribution >= 4 is 44.1 Å². The van der Waals surface area contributed by atoms with Crippen LogP contribution in [0.1, 0.15) is 10.6 Å². The zero-order valence-corrected chi connectivity index (χ0v) is 14.8. The van der Waals surface area contributed by atoms with Gasteiger partial charge in [0.05, 0.1) is 15.1 Å². The third-order valence-corrected chi connectivity index (χ3v) is 5.06. The van der Waals surface area contributed by atoms with Crippen LogP contribution in [0.3, 0.4) is 0 Å². The van der Waals surface area contributed by atoms with Crippen molar-refractivity contribution in [2.75, 3.05) is 0 Å². The molecule has 0 spiro atoms. The highest BCUT2D eigenvalue weighted by Gasteiger charge is 2.15. The van der Waals surface area contributed by atoms with Crippen molar-refractivity contribution < 1.29 is 14.1 Å². The van der Waals surface area contributed by atoms with E-state index in [1.54, 1.807) is 28.8 Å². The van der Waals surface area contributed by atoms with Crippen LogP contribution in [-0.4, -0.2) is 15.4 Å². The Labute approximate surface area is 156 Å². The van der Waals surface area contributed by atoms with Crippen LogP contribution in [0.5, 0.6) is 0 Å². The molecule has 0 bridgehead atoms. The summed E-state index contributed by atoms with van der Waals surface area (Å²) >= 11 is 1.21. The summed E-state index contributed by atoms with van der Waals surface area (Å²) in [5, 5.41) is 11.8. The predicted octanol–water partition coefficient (Wildman–Crippen LogP) is 4.28. The quantitative estimate of drug-likeness (QED) is 0.300. The first-order chi connectivity index (χ1) is 13.1. The van der Waals surface area contributed by atoms with Gasteiger partial charge in [-0.2, -0.15) is 4.99 Å². The number of rotatable bonds is 4. The Balaban J connectivity index is 1.85. The van der Waals surface area contributed by atoms with E-state index in [1.807, 2.05) is 18.2 Å². The Hall–Kier alpha value is -3.52. The van der Waals surface area contributed by atoms with E-state index in [-0.39, 0.29) is 11.4 Å². The van der Waals surface area contributed by atoms with Crippen molar-refractivity contribution in [3.63, 3.8) is 0 Å². The molecular weight excluding hydrogens is 366 g/mol. The van der Waals surface area contributed by atoms with Crippen LogP contribution in [0.15, 0.2) is 70.6 Å². The number of carbonyl (C=O) groups is 1. The zero-order chi connectivity index (χ0) is 19.0. The molecule has 134 valence electrons. The lowest BCUT2D eigenvalue weighted by molar-refractivity contribution is -0.384. The minimum atomic E-state index is -0.509. The number of hydrogen-bond acceptors (Lipinski definition) is 5. The number of para-hydroxylation sites is 1. The molecule has 0 aliphatic heterocycles. The number of nitro groups is 1. The molecule has 27 heavy (non-hydrogen) atoms. The summed E-state index contributed by atoms with van der Waals surface area (Å²) in [5.74, 6) is -0.366. The minimum absolute atomic E-state index is 0.00957. The smallest absolute Gasteiger partial charge is 0.315 e. The van der Waals surface area contributed by atoms with Gasteiger partial charge in [-0.15, -0.1) is 6.58 Å². The number of allylic oxidation sites excluding steroid dienone is 1. The third kappa shape index (κ3) is 3.06. The summed E-state index contributed by atoms with van der Waals surface area (Å²) < 4.78 is 8.03. The van der Waals surface area contributed by atoms with Gasteiger partial charge in [-0.05, 0) is 18.2 Å². The molecule has 7 nitrogen and oxygen atoms in total. The Morgan fingerprint density at radius 3 is 2.85 bits per heavy atom. The number of benzene rings is 2. The maximum absolute atomic E-state index is 12.6. The minimum Gasteiger partial charge on any atom is -0.451 e. The molecule has 0 unspecified atom stereocenters. The normalized spacial score (nSPS) is 11.9. The summed E-state index contributed by atoms with van der Waals surface area (Å²) in [6.45, 7) is 4.15. The van der Waals surface area contributed by atoms with Crippen molar-refractivity contribution in [1.82, 2.24) is 4.57 Å². The fourth-order valence-electron chi connectivity index (χ4n) is 2.80. The summed E-state index contributed by atoms with van der Waals surface area (Å²) in [7, 11) is 0. The molecule has 4 rings (SSSR count). The van der Waals surface area contributed by atoms with Gasteiger partial charge in [-0.1, -0.05) is 35.6 Å². The lowest BCUT2D eigenvalue weighted by Crippen LogP contribution is -2.16. The van der Waals surface area contributed by atoms with Crippen LogP contribution < -0.4 is 4.80 Å². The van der Waals surface area contributed by atoms with Crippen LogP contribution in [0.2, 0.25) is 0 Å². The second-order valence-corrected chi connectivity index (χ2v) is 6.77. The molecule has 0 fully saturated rings. The largest absolute Gasteiger partial charge is 0.451 e. The van der Waals surface area contributed by atoms with E-state index in [4.69, 9.17) is 4.42 Å². The highest BCUT2D eigenvalue weighted by molar-refractivity contribution is 7.16. The molecule has 1 amide bonds. The molecule has 0 saturated carbocycles. The number of thiazole rings is 1. The van der Waals surface area contributed by atoms with E-state index in [2.05, 4.69) is 11.6 Å². The van der Waals surface area contributed by atoms with E-state index < -0.39 is 10.8 Å². The number of non-ortho nitro benzene ring substituents is 1. The molecule has 0 radical (unpaired) electrons. The standard InChI is InChI=1S/C19H13N3O4S/c1-2-9-21-14-8-7-13(22(24)25)11-17(14)27-19(21)20-18(23)16-10-12-5-3-4-6-15(12)26-16/h2-8,10-11H,1,9H2. The molecule has 0 atom stereocenters. The van der Waals surface area contributed by atoms with E-state index in [9.17, 15) is 14.9 Å². The number of amides is 1.